The number of carbonyl (C=O) groups excluding carboxylic acids is 1. The Morgan fingerprint density at radius 1 is 1.25 bits per heavy atom. The van der Waals surface area contributed by atoms with Crippen molar-refractivity contribution >= 4 is 28.3 Å². The SMILES string of the molecule is CCC(CC(=O)OC(C)(C)C)C1(CC)CCC(Oc2cc3cc[nH]c(=O)c3cc2Cl)CC1. The maximum Gasteiger partial charge on any atom is 0.306 e. The van der Waals surface area contributed by atoms with Gasteiger partial charge in [-0.25, -0.2) is 0 Å². The molecule has 1 unspecified atom stereocenters. The van der Waals surface area contributed by atoms with Crippen molar-refractivity contribution in [3.05, 3.63) is 39.8 Å². The number of halogens is 1. The van der Waals surface area contributed by atoms with E-state index in [1.54, 1.807) is 12.3 Å². The smallest absolute Gasteiger partial charge is 0.306 e. The largest absolute Gasteiger partial charge is 0.489 e. The van der Waals surface area contributed by atoms with Gasteiger partial charge in [-0.05, 0) is 81.4 Å². The maximum absolute atomic E-state index is 12.5. The Bertz CT molecular complexity index is 999. The van der Waals surface area contributed by atoms with Crippen LogP contribution in [0.25, 0.3) is 10.8 Å². The van der Waals surface area contributed by atoms with Crippen molar-refractivity contribution in [2.24, 2.45) is 11.3 Å². The number of fused-ring (bicyclic) bond motifs is 1. The summed E-state index contributed by atoms with van der Waals surface area (Å²) in [5, 5.41) is 1.83. The minimum atomic E-state index is -0.454. The lowest BCUT2D eigenvalue weighted by Gasteiger charge is -2.45. The second-order valence-electron chi connectivity index (χ2n) is 10.1. The van der Waals surface area contributed by atoms with E-state index in [1.165, 1.54) is 0 Å². The molecule has 1 aliphatic carbocycles. The highest BCUT2D eigenvalue weighted by Crippen LogP contribution is 2.49. The molecule has 0 bridgehead atoms. The van der Waals surface area contributed by atoms with Crippen molar-refractivity contribution in [3.63, 3.8) is 0 Å². The van der Waals surface area contributed by atoms with Crippen LogP contribution in [0.2, 0.25) is 5.02 Å². The molecule has 0 radical (unpaired) electrons. The second kappa shape index (κ2) is 9.86. The van der Waals surface area contributed by atoms with Crippen LogP contribution in [0, 0.1) is 11.3 Å². The molecule has 0 spiro atoms. The van der Waals surface area contributed by atoms with Crippen LogP contribution in [-0.2, 0) is 9.53 Å². The van der Waals surface area contributed by atoms with E-state index in [-0.39, 0.29) is 23.0 Å². The first kappa shape index (κ1) is 24.6. The molecule has 3 rings (SSSR count). The Morgan fingerprint density at radius 2 is 1.94 bits per heavy atom. The molecule has 1 atom stereocenters. The van der Waals surface area contributed by atoms with Crippen molar-refractivity contribution in [1.82, 2.24) is 4.98 Å². The first-order valence-corrected chi connectivity index (χ1v) is 12.1. The van der Waals surface area contributed by atoms with Crippen LogP contribution in [0.3, 0.4) is 0 Å². The molecule has 1 aromatic heterocycles. The zero-order chi connectivity index (χ0) is 23.5. The molecule has 2 aromatic rings. The van der Waals surface area contributed by atoms with Crippen LogP contribution >= 0.6 is 11.6 Å². The lowest BCUT2D eigenvalue weighted by atomic mass is 9.62. The molecular weight excluding hydrogens is 426 g/mol. The van der Waals surface area contributed by atoms with Crippen LogP contribution in [0.15, 0.2) is 29.2 Å². The summed E-state index contributed by atoms with van der Waals surface area (Å²) >= 11 is 6.43. The maximum atomic E-state index is 12.5. The van der Waals surface area contributed by atoms with Crippen LogP contribution in [0.5, 0.6) is 5.75 Å². The Hall–Kier alpha value is -2.01. The summed E-state index contributed by atoms with van der Waals surface area (Å²) in [4.78, 5) is 27.2. The van der Waals surface area contributed by atoms with Crippen LogP contribution < -0.4 is 10.3 Å². The van der Waals surface area contributed by atoms with E-state index in [4.69, 9.17) is 21.1 Å². The lowest BCUT2D eigenvalue weighted by molar-refractivity contribution is -0.157. The third kappa shape index (κ3) is 5.67. The minimum Gasteiger partial charge on any atom is -0.489 e. The van der Waals surface area contributed by atoms with Gasteiger partial charge in [-0.2, -0.15) is 0 Å². The number of nitrogens with one attached hydrogen (secondary N) is 1. The van der Waals surface area contributed by atoms with Gasteiger partial charge in [0.2, 0.25) is 0 Å². The van der Waals surface area contributed by atoms with Gasteiger partial charge in [-0.3, -0.25) is 9.59 Å². The standard InChI is InChI=1S/C26H36ClNO4/c1-6-18(15-23(29)32-25(3,4)5)26(7-2)11-8-19(9-12-26)31-22-14-17-10-13-28-24(30)20(17)16-21(22)27/h10,13-14,16,18-19H,6-9,11-12,15H2,1-5H3,(H,28,30). The van der Waals surface area contributed by atoms with Crippen molar-refractivity contribution in [3.8, 4) is 5.75 Å². The van der Waals surface area contributed by atoms with Crippen molar-refractivity contribution in [1.29, 1.82) is 0 Å². The van der Waals surface area contributed by atoms with Crippen molar-refractivity contribution < 1.29 is 14.3 Å². The Labute approximate surface area is 195 Å². The molecule has 176 valence electrons. The molecule has 32 heavy (non-hydrogen) atoms. The van der Waals surface area contributed by atoms with Crippen LogP contribution in [-0.4, -0.2) is 22.7 Å². The number of pyridine rings is 1. The Balaban J connectivity index is 1.68. The number of aromatic nitrogens is 1. The number of hydrogen-bond acceptors (Lipinski definition) is 4. The number of rotatable bonds is 7. The number of benzene rings is 1. The Morgan fingerprint density at radius 3 is 2.53 bits per heavy atom. The molecule has 6 heteroatoms. The van der Waals surface area contributed by atoms with Crippen LogP contribution in [0.1, 0.15) is 79.6 Å². The summed E-state index contributed by atoms with van der Waals surface area (Å²) in [6, 6.07) is 5.38. The van der Waals surface area contributed by atoms with Crippen molar-refractivity contribution in [2.75, 3.05) is 0 Å². The van der Waals surface area contributed by atoms with E-state index in [2.05, 4.69) is 18.8 Å². The average molecular weight is 462 g/mol. The molecule has 1 N–H and O–H groups in total. The Kier molecular flexibility index (Phi) is 7.59. The fourth-order valence-electron chi connectivity index (χ4n) is 5.17. The molecule has 1 aliphatic rings. The molecule has 1 fully saturated rings. The van der Waals surface area contributed by atoms with Gasteiger partial charge in [0, 0.05) is 18.0 Å². The summed E-state index contributed by atoms with van der Waals surface area (Å²) in [5.74, 6) is 0.826. The van der Waals surface area contributed by atoms with E-state index in [1.807, 2.05) is 32.9 Å². The highest BCUT2D eigenvalue weighted by molar-refractivity contribution is 6.32. The molecule has 0 aliphatic heterocycles. The minimum absolute atomic E-state index is 0.0747. The molecule has 0 saturated heterocycles. The highest BCUT2D eigenvalue weighted by Gasteiger charge is 2.41. The van der Waals surface area contributed by atoms with E-state index < -0.39 is 5.60 Å². The van der Waals surface area contributed by atoms with Gasteiger partial charge >= 0.3 is 5.97 Å². The van der Waals surface area contributed by atoms with Crippen LogP contribution in [0.4, 0.5) is 0 Å². The number of aromatic amines is 1. The van der Waals surface area contributed by atoms with Gasteiger partial charge in [0.1, 0.15) is 11.4 Å². The van der Waals surface area contributed by atoms with Gasteiger partial charge in [-0.1, -0.05) is 38.3 Å². The average Bonchev–Trinajstić information content (AvgIpc) is 2.73. The van der Waals surface area contributed by atoms with Gasteiger partial charge < -0.3 is 14.5 Å². The number of ether oxygens (including phenoxy) is 2. The summed E-state index contributed by atoms with van der Waals surface area (Å²) in [6.45, 7) is 10.1. The number of hydrogen-bond donors (Lipinski definition) is 1. The van der Waals surface area contributed by atoms with E-state index in [0.717, 1.165) is 43.9 Å². The molecule has 0 amide bonds. The van der Waals surface area contributed by atoms with Gasteiger partial charge in [0.25, 0.3) is 5.56 Å². The quantitative estimate of drug-likeness (QED) is 0.468. The summed E-state index contributed by atoms with van der Waals surface area (Å²) in [5.41, 5.74) is -0.479. The molecule has 1 heterocycles. The van der Waals surface area contributed by atoms with E-state index in [9.17, 15) is 9.59 Å². The second-order valence-corrected chi connectivity index (χ2v) is 10.5. The molecule has 1 saturated carbocycles. The summed E-state index contributed by atoms with van der Waals surface area (Å²) < 4.78 is 11.9. The fourth-order valence-corrected chi connectivity index (χ4v) is 5.38. The zero-order valence-electron chi connectivity index (χ0n) is 19.9. The predicted octanol–water partition coefficient (Wildman–Crippen LogP) is 6.66. The molecule has 1 aromatic carbocycles. The number of carbonyl (C=O) groups is 1. The first-order valence-electron chi connectivity index (χ1n) is 11.8. The third-order valence-corrected chi connectivity index (χ3v) is 7.24. The third-order valence-electron chi connectivity index (χ3n) is 6.94. The fraction of sp³-hybridized carbons (Fsp3) is 0.615. The summed E-state index contributed by atoms with van der Waals surface area (Å²) in [7, 11) is 0. The normalized spacial score (nSPS) is 22.5. The molecular formula is C26H36ClNO4. The molecule has 5 nitrogen and oxygen atoms in total. The highest BCUT2D eigenvalue weighted by atomic mass is 35.5. The first-order chi connectivity index (χ1) is 15.1. The van der Waals surface area contributed by atoms with E-state index in [0.29, 0.717) is 28.5 Å². The zero-order valence-corrected chi connectivity index (χ0v) is 20.7. The van der Waals surface area contributed by atoms with Gasteiger partial charge in [-0.15, -0.1) is 0 Å². The van der Waals surface area contributed by atoms with Crippen molar-refractivity contribution in [2.45, 2.75) is 91.3 Å². The topological polar surface area (TPSA) is 68.4 Å². The van der Waals surface area contributed by atoms with Gasteiger partial charge in [0.05, 0.1) is 11.1 Å². The summed E-state index contributed by atoms with van der Waals surface area (Å²) in [6.07, 6.45) is 8.05. The van der Waals surface area contributed by atoms with E-state index >= 15 is 0 Å². The predicted molar refractivity (Wildman–Crippen MR) is 129 cm³/mol. The number of H-pyrrole nitrogens is 1. The lowest BCUT2D eigenvalue weighted by Crippen LogP contribution is -2.39. The number of esters is 1. The van der Waals surface area contributed by atoms with Gasteiger partial charge in [0.15, 0.2) is 0 Å². The monoisotopic (exact) mass is 461 g/mol.